The highest BCUT2D eigenvalue weighted by Gasteiger charge is 2.26. The summed E-state index contributed by atoms with van der Waals surface area (Å²) < 4.78 is 6.20. The van der Waals surface area contributed by atoms with Crippen LogP contribution in [0, 0.1) is 5.92 Å². The van der Waals surface area contributed by atoms with Crippen LogP contribution in [0.25, 0.3) is 0 Å². The monoisotopic (exact) mass is 448 g/mol. The molecule has 0 radical (unpaired) electrons. The van der Waals surface area contributed by atoms with Gasteiger partial charge in [-0.3, -0.25) is 0 Å². The topological polar surface area (TPSA) is 49.7 Å². The lowest BCUT2D eigenvalue weighted by atomic mass is 9.89. The number of ether oxygens (including phenoxy) is 1. The van der Waals surface area contributed by atoms with Crippen LogP contribution in [0.1, 0.15) is 88.5 Å². The van der Waals surface area contributed by atoms with Gasteiger partial charge in [0.1, 0.15) is 6.10 Å². The Labute approximate surface area is 199 Å². The standard InChI is InChI=1S/C30H40O3/c1-3-5-8-19-27(28(31)4-2)26-20-13-18-23(26)21-22-33-30(25-16-11-7-12-17-25)29(32)24-14-9-6-10-15-24/h6-7,9-12,14-17,21-23,28-32H,3-5,8,13,18-20H2,1-2H3/b22-21+,27-26-/t23-,28?,29-,30-/m1/s1. The number of rotatable bonds is 12. The van der Waals surface area contributed by atoms with E-state index in [1.54, 1.807) is 6.26 Å². The van der Waals surface area contributed by atoms with Crippen LogP contribution in [-0.2, 0) is 4.74 Å². The molecule has 1 aliphatic carbocycles. The summed E-state index contributed by atoms with van der Waals surface area (Å²) in [5, 5.41) is 21.8. The van der Waals surface area contributed by atoms with E-state index in [2.05, 4.69) is 19.9 Å². The highest BCUT2D eigenvalue weighted by molar-refractivity contribution is 5.28. The van der Waals surface area contributed by atoms with Gasteiger partial charge in [-0.05, 0) is 61.3 Å². The van der Waals surface area contributed by atoms with Crippen molar-refractivity contribution < 1.29 is 14.9 Å². The average molecular weight is 449 g/mol. The van der Waals surface area contributed by atoms with Crippen molar-refractivity contribution in [3.8, 4) is 0 Å². The highest BCUT2D eigenvalue weighted by atomic mass is 16.5. The largest absolute Gasteiger partial charge is 0.491 e. The molecule has 1 fully saturated rings. The Kier molecular flexibility index (Phi) is 10.2. The van der Waals surface area contributed by atoms with Gasteiger partial charge in [0.15, 0.2) is 6.10 Å². The minimum atomic E-state index is -0.761. The van der Waals surface area contributed by atoms with Crippen molar-refractivity contribution in [2.24, 2.45) is 5.92 Å². The van der Waals surface area contributed by atoms with E-state index < -0.39 is 12.2 Å². The van der Waals surface area contributed by atoms with Gasteiger partial charge in [0.05, 0.1) is 12.4 Å². The zero-order chi connectivity index (χ0) is 23.5. The molecule has 3 nitrogen and oxygen atoms in total. The van der Waals surface area contributed by atoms with Gasteiger partial charge in [-0.1, -0.05) is 92.9 Å². The van der Waals surface area contributed by atoms with Crippen LogP contribution in [0.5, 0.6) is 0 Å². The van der Waals surface area contributed by atoms with E-state index >= 15 is 0 Å². The Morgan fingerprint density at radius 1 is 0.970 bits per heavy atom. The SMILES string of the molecule is CCCCC/C(=C1\CCC[C@@H]1/C=C/O[C@H](c1ccccc1)[C@H](O)c1ccccc1)C(O)CC. The summed E-state index contributed by atoms with van der Waals surface area (Å²) in [6, 6.07) is 19.6. The van der Waals surface area contributed by atoms with Gasteiger partial charge >= 0.3 is 0 Å². The number of unbranched alkanes of at least 4 members (excludes halogenated alkanes) is 2. The molecule has 2 aromatic carbocycles. The second-order valence-electron chi connectivity index (χ2n) is 9.08. The zero-order valence-corrected chi connectivity index (χ0v) is 20.2. The molecule has 0 heterocycles. The molecule has 0 saturated heterocycles. The molecular formula is C30H40O3. The highest BCUT2D eigenvalue weighted by Crippen LogP contribution is 2.38. The Balaban J connectivity index is 1.79. The third-order valence-corrected chi connectivity index (χ3v) is 6.75. The smallest absolute Gasteiger partial charge is 0.153 e. The van der Waals surface area contributed by atoms with E-state index in [4.69, 9.17) is 4.74 Å². The van der Waals surface area contributed by atoms with E-state index in [9.17, 15) is 10.2 Å². The first-order chi connectivity index (χ1) is 16.2. The number of aliphatic hydroxyl groups is 2. The van der Waals surface area contributed by atoms with Gasteiger partial charge in [0, 0.05) is 5.92 Å². The van der Waals surface area contributed by atoms with Crippen molar-refractivity contribution in [1.82, 2.24) is 0 Å². The summed E-state index contributed by atoms with van der Waals surface area (Å²) in [5.74, 6) is 0.299. The normalized spacial score (nSPS) is 20.5. The van der Waals surface area contributed by atoms with Gasteiger partial charge in [-0.15, -0.1) is 0 Å². The predicted octanol–water partition coefficient (Wildman–Crippen LogP) is 7.44. The fraction of sp³-hybridized carbons (Fsp3) is 0.467. The zero-order valence-electron chi connectivity index (χ0n) is 20.2. The maximum atomic E-state index is 11.1. The molecule has 0 aliphatic heterocycles. The molecule has 0 amide bonds. The van der Waals surface area contributed by atoms with Crippen LogP contribution in [0.3, 0.4) is 0 Å². The van der Waals surface area contributed by atoms with E-state index in [1.165, 1.54) is 24.0 Å². The first kappa shape index (κ1) is 25.3. The molecule has 1 aliphatic rings. The fourth-order valence-corrected chi connectivity index (χ4v) is 4.86. The van der Waals surface area contributed by atoms with Crippen molar-refractivity contribution in [1.29, 1.82) is 0 Å². The summed E-state index contributed by atoms with van der Waals surface area (Å²) in [6.07, 6.45) is 10.9. The van der Waals surface area contributed by atoms with Gasteiger partial charge in [-0.2, -0.15) is 0 Å². The molecule has 0 bridgehead atoms. The summed E-state index contributed by atoms with van der Waals surface area (Å²) in [4.78, 5) is 0. The van der Waals surface area contributed by atoms with Crippen molar-refractivity contribution >= 4 is 0 Å². The Morgan fingerprint density at radius 3 is 2.27 bits per heavy atom. The van der Waals surface area contributed by atoms with Crippen LogP contribution in [0.2, 0.25) is 0 Å². The molecule has 33 heavy (non-hydrogen) atoms. The molecule has 3 rings (SSSR count). The van der Waals surface area contributed by atoms with Gasteiger partial charge in [0.2, 0.25) is 0 Å². The fourth-order valence-electron chi connectivity index (χ4n) is 4.86. The second-order valence-corrected chi connectivity index (χ2v) is 9.08. The first-order valence-electron chi connectivity index (χ1n) is 12.7. The third kappa shape index (κ3) is 7.06. The molecule has 0 spiro atoms. The van der Waals surface area contributed by atoms with Crippen molar-refractivity contribution in [2.75, 3.05) is 0 Å². The molecule has 4 atom stereocenters. The van der Waals surface area contributed by atoms with Crippen LogP contribution in [0.15, 0.2) is 84.1 Å². The van der Waals surface area contributed by atoms with E-state index in [1.807, 2.05) is 60.7 Å². The molecule has 1 saturated carbocycles. The van der Waals surface area contributed by atoms with Crippen LogP contribution in [-0.4, -0.2) is 16.3 Å². The lowest BCUT2D eigenvalue weighted by Gasteiger charge is -2.24. The van der Waals surface area contributed by atoms with Gasteiger partial charge in [0.25, 0.3) is 0 Å². The summed E-state index contributed by atoms with van der Waals surface area (Å²) >= 11 is 0. The minimum absolute atomic E-state index is 0.299. The predicted molar refractivity (Wildman–Crippen MR) is 136 cm³/mol. The lowest BCUT2D eigenvalue weighted by molar-refractivity contribution is 0.00574. The van der Waals surface area contributed by atoms with E-state index in [-0.39, 0.29) is 6.10 Å². The average Bonchev–Trinajstić information content (AvgIpc) is 3.33. The molecule has 178 valence electrons. The second kappa shape index (κ2) is 13.4. The van der Waals surface area contributed by atoms with Crippen LogP contribution in [0.4, 0.5) is 0 Å². The summed E-state index contributed by atoms with van der Waals surface area (Å²) in [7, 11) is 0. The van der Waals surface area contributed by atoms with Crippen molar-refractivity contribution in [3.63, 3.8) is 0 Å². The molecule has 3 heteroatoms. The Bertz CT molecular complexity index is 872. The number of hydrogen-bond acceptors (Lipinski definition) is 3. The maximum absolute atomic E-state index is 11.1. The number of benzene rings is 2. The van der Waals surface area contributed by atoms with Gasteiger partial charge < -0.3 is 14.9 Å². The molecule has 2 aromatic rings. The Hall–Kier alpha value is -2.36. The Morgan fingerprint density at radius 2 is 1.64 bits per heavy atom. The minimum Gasteiger partial charge on any atom is -0.491 e. The third-order valence-electron chi connectivity index (χ3n) is 6.75. The van der Waals surface area contributed by atoms with Crippen LogP contribution >= 0.6 is 0 Å². The quantitative estimate of drug-likeness (QED) is 0.201. The maximum Gasteiger partial charge on any atom is 0.153 e. The molecular weight excluding hydrogens is 408 g/mol. The molecule has 1 unspecified atom stereocenters. The molecule has 0 aromatic heterocycles. The molecule has 2 N–H and O–H groups in total. The lowest BCUT2D eigenvalue weighted by Crippen LogP contribution is -2.14. The first-order valence-corrected chi connectivity index (χ1v) is 12.7. The number of hydrogen-bond donors (Lipinski definition) is 2. The number of aliphatic hydroxyl groups excluding tert-OH is 2. The van der Waals surface area contributed by atoms with Crippen molar-refractivity contribution in [3.05, 3.63) is 95.3 Å². The van der Waals surface area contributed by atoms with Crippen LogP contribution < -0.4 is 0 Å². The summed E-state index contributed by atoms with van der Waals surface area (Å²) in [5.41, 5.74) is 4.44. The van der Waals surface area contributed by atoms with E-state index in [0.717, 1.165) is 49.7 Å². The van der Waals surface area contributed by atoms with Crippen molar-refractivity contribution in [2.45, 2.75) is 83.5 Å². The van der Waals surface area contributed by atoms with Gasteiger partial charge in [-0.25, -0.2) is 0 Å². The summed E-state index contributed by atoms with van der Waals surface area (Å²) in [6.45, 7) is 4.28. The van der Waals surface area contributed by atoms with E-state index in [0.29, 0.717) is 5.92 Å². The number of allylic oxidation sites excluding steroid dienone is 2.